The van der Waals surface area contributed by atoms with Gasteiger partial charge in [-0.05, 0) is 25.7 Å². The van der Waals surface area contributed by atoms with Crippen LogP contribution in [-0.2, 0) is 14.3 Å². The molecule has 1 unspecified atom stereocenters. The van der Waals surface area contributed by atoms with Gasteiger partial charge in [0.05, 0.1) is 11.9 Å². The third-order valence-corrected chi connectivity index (χ3v) is 2.35. The molecule has 0 spiro atoms. The molecule has 0 aromatic rings. The summed E-state index contributed by atoms with van der Waals surface area (Å²) < 4.78 is 10.3. The lowest BCUT2D eigenvalue weighted by atomic mass is 10.0. The number of carbonyl (C=O) groups is 1. The van der Waals surface area contributed by atoms with Crippen LogP contribution in [0.2, 0.25) is 0 Å². The van der Waals surface area contributed by atoms with E-state index in [0.717, 1.165) is 26.1 Å². The molecule has 13 heavy (non-hydrogen) atoms. The van der Waals surface area contributed by atoms with Crippen LogP contribution in [0.25, 0.3) is 0 Å². The highest BCUT2D eigenvalue weighted by Crippen LogP contribution is 2.15. The van der Waals surface area contributed by atoms with Crippen molar-refractivity contribution in [3.63, 3.8) is 0 Å². The molecule has 0 aromatic carbocycles. The van der Waals surface area contributed by atoms with E-state index in [-0.39, 0.29) is 11.2 Å². The minimum atomic E-state index is -0.320. The van der Waals surface area contributed by atoms with Crippen molar-refractivity contribution in [1.29, 1.82) is 0 Å². The summed E-state index contributed by atoms with van der Waals surface area (Å²) in [4.78, 5) is 11.1. The third kappa shape index (κ3) is 4.00. The SMILES string of the molecule is CC(S)C(=O)OCC1CCOCC1. The maximum Gasteiger partial charge on any atom is 0.318 e. The smallest absolute Gasteiger partial charge is 0.318 e. The van der Waals surface area contributed by atoms with E-state index in [0.29, 0.717) is 12.5 Å². The van der Waals surface area contributed by atoms with Crippen LogP contribution in [0.3, 0.4) is 0 Å². The molecule has 0 aliphatic carbocycles. The molecule has 0 radical (unpaired) electrons. The Balaban J connectivity index is 2.13. The predicted molar refractivity (Wildman–Crippen MR) is 53.0 cm³/mol. The van der Waals surface area contributed by atoms with Gasteiger partial charge in [0, 0.05) is 13.2 Å². The summed E-state index contributed by atoms with van der Waals surface area (Å²) in [7, 11) is 0. The first kappa shape index (κ1) is 10.9. The molecule has 1 saturated heterocycles. The van der Waals surface area contributed by atoms with E-state index in [1.807, 2.05) is 0 Å². The fourth-order valence-electron chi connectivity index (χ4n) is 1.23. The van der Waals surface area contributed by atoms with Crippen molar-refractivity contribution in [3.05, 3.63) is 0 Å². The van der Waals surface area contributed by atoms with E-state index in [9.17, 15) is 4.79 Å². The van der Waals surface area contributed by atoms with E-state index < -0.39 is 0 Å². The number of hydrogen-bond donors (Lipinski definition) is 1. The van der Waals surface area contributed by atoms with Crippen LogP contribution in [0.5, 0.6) is 0 Å². The first-order valence-corrected chi connectivity index (χ1v) is 5.14. The standard InChI is InChI=1S/C9H16O3S/c1-7(13)9(10)12-6-8-2-4-11-5-3-8/h7-8,13H,2-6H2,1H3. The zero-order valence-corrected chi connectivity index (χ0v) is 8.76. The van der Waals surface area contributed by atoms with Gasteiger partial charge in [-0.3, -0.25) is 4.79 Å². The van der Waals surface area contributed by atoms with Crippen molar-refractivity contribution >= 4 is 18.6 Å². The summed E-state index contributed by atoms with van der Waals surface area (Å²) in [5.41, 5.74) is 0. The molecule has 0 aromatic heterocycles. The fraction of sp³-hybridized carbons (Fsp3) is 0.889. The number of hydrogen-bond acceptors (Lipinski definition) is 4. The van der Waals surface area contributed by atoms with Crippen molar-refractivity contribution in [2.24, 2.45) is 5.92 Å². The van der Waals surface area contributed by atoms with E-state index >= 15 is 0 Å². The van der Waals surface area contributed by atoms with Crippen LogP contribution in [-0.4, -0.2) is 31.0 Å². The molecule has 1 aliphatic heterocycles. The molecule has 1 fully saturated rings. The van der Waals surface area contributed by atoms with Crippen LogP contribution >= 0.6 is 12.6 Å². The van der Waals surface area contributed by atoms with Gasteiger partial charge in [-0.2, -0.15) is 12.6 Å². The molecule has 1 atom stereocenters. The van der Waals surface area contributed by atoms with E-state index in [1.54, 1.807) is 6.92 Å². The monoisotopic (exact) mass is 204 g/mol. The second-order valence-corrected chi connectivity index (χ2v) is 4.14. The van der Waals surface area contributed by atoms with Gasteiger partial charge in [0.1, 0.15) is 0 Å². The number of esters is 1. The molecule has 4 heteroatoms. The first-order chi connectivity index (χ1) is 6.20. The zero-order valence-electron chi connectivity index (χ0n) is 7.86. The van der Waals surface area contributed by atoms with Crippen LogP contribution < -0.4 is 0 Å². The zero-order chi connectivity index (χ0) is 9.68. The normalized spacial score (nSPS) is 21.1. The summed E-state index contributed by atoms with van der Waals surface area (Å²) in [5, 5.41) is -0.320. The Labute approximate surface area is 84.2 Å². The fourth-order valence-corrected chi connectivity index (χ4v) is 1.31. The van der Waals surface area contributed by atoms with E-state index in [4.69, 9.17) is 9.47 Å². The summed E-state index contributed by atoms with van der Waals surface area (Å²) in [6.45, 7) is 3.82. The van der Waals surface area contributed by atoms with Crippen LogP contribution in [0.1, 0.15) is 19.8 Å². The van der Waals surface area contributed by atoms with E-state index in [1.165, 1.54) is 0 Å². The Kier molecular flexibility index (Phi) is 4.59. The highest BCUT2D eigenvalue weighted by atomic mass is 32.1. The molecule has 76 valence electrons. The van der Waals surface area contributed by atoms with Gasteiger partial charge in [0.15, 0.2) is 0 Å². The lowest BCUT2D eigenvalue weighted by molar-refractivity contribution is -0.144. The van der Waals surface area contributed by atoms with Crippen molar-refractivity contribution in [1.82, 2.24) is 0 Å². The summed E-state index contributed by atoms with van der Waals surface area (Å²) >= 11 is 3.99. The largest absolute Gasteiger partial charge is 0.465 e. The molecule has 0 saturated carbocycles. The summed E-state index contributed by atoms with van der Waals surface area (Å²) in [5.74, 6) is 0.250. The molecule has 0 bridgehead atoms. The summed E-state index contributed by atoms with van der Waals surface area (Å²) in [6.07, 6.45) is 1.99. The second kappa shape index (κ2) is 5.50. The van der Waals surface area contributed by atoms with Crippen LogP contribution in [0.15, 0.2) is 0 Å². The molecule has 1 heterocycles. The second-order valence-electron chi connectivity index (χ2n) is 3.36. The molecule has 1 aliphatic rings. The molecular formula is C9H16O3S. The minimum Gasteiger partial charge on any atom is -0.465 e. The molecular weight excluding hydrogens is 188 g/mol. The number of carbonyl (C=O) groups excluding carboxylic acids is 1. The highest BCUT2D eigenvalue weighted by Gasteiger charge is 2.17. The Bertz CT molecular complexity index is 164. The Morgan fingerprint density at radius 3 is 2.77 bits per heavy atom. The van der Waals surface area contributed by atoms with Gasteiger partial charge >= 0.3 is 5.97 Å². The molecule has 3 nitrogen and oxygen atoms in total. The molecule has 0 N–H and O–H groups in total. The topological polar surface area (TPSA) is 35.5 Å². The van der Waals surface area contributed by atoms with Crippen molar-refractivity contribution in [2.75, 3.05) is 19.8 Å². The lowest BCUT2D eigenvalue weighted by Gasteiger charge is -2.21. The first-order valence-electron chi connectivity index (χ1n) is 4.62. The van der Waals surface area contributed by atoms with Crippen molar-refractivity contribution in [3.8, 4) is 0 Å². The van der Waals surface area contributed by atoms with Gasteiger partial charge in [0.2, 0.25) is 0 Å². The number of thiol groups is 1. The molecule has 1 rings (SSSR count). The Morgan fingerprint density at radius 2 is 2.23 bits per heavy atom. The summed E-state index contributed by atoms with van der Waals surface area (Å²) in [6, 6.07) is 0. The maximum atomic E-state index is 11.1. The van der Waals surface area contributed by atoms with Gasteiger partial charge in [-0.15, -0.1) is 0 Å². The Morgan fingerprint density at radius 1 is 1.62 bits per heavy atom. The Hall–Kier alpha value is -0.220. The predicted octanol–water partition coefficient (Wildman–Crippen LogP) is 1.27. The van der Waals surface area contributed by atoms with Crippen LogP contribution in [0, 0.1) is 5.92 Å². The van der Waals surface area contributed by atoms with Crippen LogP contribution in [0.4, 0.5) is 0 Å². The molecule has 0 amide bonds. The van der Waals surface area contributed by atoms with E-state index in [2.05, 4.69) is 12.6 Å². The van der Waals surface area contributed by atoms with Gasteiger partial charge < -0.3 is 9.47 Å². The third-order valence-electron chi connectivity index (χ3n) is 2.14. The van der Waals surface area contributed by atoms with Gasteiger partial charge in [-0.1, -0.05) is 0 Å². The average molecular weight is 204 g/mol. The number of rotatable bonds is 3. The quantitative estimate of drug-likeness (QED) is 0.555. The average Bonchev–Trinajstić information content (AvgIpc) is 2.15. The maximum absolute atomic E-state index is 11.1. The van der Waals surface area contributed by atoms with Gasteiger partial charge in [0.25, 0.3) is 0 Å². The highest BCUT2D eigenvalue weighted by molar-refractivity contribution is 7.81. The lowest BCUT2D eigenvalue weighted by Crippen LogP contribution is -2.24. The number of ether oxygens (including phenoxy) is 2. The van der Waals surface area contributed by atoms with Gasteiger partial charge in [-0.25, -0.2) is 0 Å². The van der Waals surface area contributed by atoms with Crippen molar-refractivity contribution in [2.45, 2.75) is 25.0 Å². The minimum absolute atomic E-state index is 0.227. The van der Waals surface area contributed by atoms with Crippen molar-refractivity contribution < 1.29 is 14.3 Å².